The highest BCUT2D eigenvalue weighted by atomic mass is 16.6. The molecule has 0 heterocycles. The average Bonchev–Trinajstić information content (AvgIpc) is 2.03. The Morgan fingerprint density at radius 2 is 2.14 bits per heavy atom. The molecule has 0 fully saturated rings. The Morgan fingerprint density at radius 1 is 1.57 bits per heavy atom. The average molecular weight is 196 g/mol. The summed E-state index contributed by atoms with van der Waals surface area (Å²) in [5, 5.41) is 12.9. The van der Waals surface area contributed by atoms with Crippen LogP contribution in [0.4, 0.5) is 0 Å². The second-order valence-electron chi connectivity index (χ2n) is 2.44. The van der Waals surface area contributed by atoms with Gasteiger partial charge in [-0.25, -0.2) is 0 Å². The molecular weight excluding hydrogens is 184 g/mol. The molecule has 0 saturated carbocycles. The van der Waals surface area contributed by atoms with E-state index in [9.17, 15) is 14.9 Å². The van der Waals surface area contributed by atoms with Gasteiger partial charge in [0.2, 0.25) is 5.91 Å². The number of hydrogen-bond donors (Lipinski definition) is 1. The first kappa shape index (κ1) is 12.1. The van der Waals surface area contributed by atoms with Crippen LogP contribution < -0.4 is 5.32 Å². The van der Waals surface area contributed by atoms with Crippen LogP contribution in [0.3, 0.4) is 0 Å². The van der Waals surface area contributed by atoms with Crippen LogP contribution in [0.25, 0.3) is 0 Å². The third-order valence-electron chi connectivity index (χ3n) is 1.31. The molecule has 0 aliphatic rings. The second-order valence-corrected chi connectivity index (χ2v) is 2.44. The van der Waals surface area contributed by atoms with Gasteiger partial charge < -0.3 is 5.32 Å². The van der Waals surface area contributed by atoms with Gasteiger partial charge in [-0.15, -0.1) is 0 Å². The summed E-state index contributed by atoms with van der Waals surface area (Å²) in [6.07, 6.45) is 4.13. The van der Waals surface area contributed by atoms with Crippen LogP contribution in [0.15, 0.2) is 36.2 Å². The van der Waals surface area contributed by atoms with E-state index in [1.54, 1.807) is 13.0 Å². The predicted octanol–water partition coefficient (Wildman–Crippen LogP) is 1.37. The van der Waals surface area contributed by atoms with Gasteiger partial charge in [0.15, 0.2) is 0 Å². The van der Waals surface area contributed by atoms with Crippen molar-refractivity contribution < 1.29 is 9.72 Å². The maximum absolute atomic E-state index is 10.7. The van der Waals surface area contributed by atoms with Crippen LogP contribution >= 0.6 is 0 Å². The zero-order valence-corrected chi connectivity index (χ0v) is 8.11. The Morgan fingerprint density at radius 3 is 2.43 bits per heavy atom. The molecule has 0 aromatic carbocycles. The van der Waals surface area contributed by atoms with Crippen molar-refractivity contribution in [3.05, 3.63) is 46.3 Å². The molecule has 0 spiro atoms. The summed E-state index contributed by atoms with van der Waals surface area (Å²) in [5.41, 5.74) is -0.0849. The zero-order chi connectivity index (χ0) is 11.1. The molecule has 0 radical (unpaired) electrons. The minimum Gasteiger partial charge on any atom is -0.321 e. The lowest BCUT2D eigenvalue weighted by molar-refractivity contribution is -0.420. The first-order valence-electron chi connectivity index (χ1n) is 3.94. The molecule has 0 aromatic heterocycles. The van der Waals surface area contributed by atoms with Gasteiger partial charge in [-0.3, -0.25) is 14.9 Å². The lowest BCUT2D eigenvalue weighted by atomic mass is 10.3. The SMILES string of the molecule is C=C/C(=C(\C=C/C)NC(C)=O)[N+](=O)[O-]. The van der Waals surface area contributed by atoms with Gasteiger partial charge in [0.05, 0.1) is 4.92 Å². The van der Waals surface area contributed by atoms with Crippen LogP contribution in [0.5, 0.6) is 0 Å². The van der Waals surface area contributed by atoms with E-state index in [-0.39, 0.29) is 17.3 Å². The first-order chi connectivity index (χ1) is 6.52. The lowest BCUT2D eigenvalue weighted by Gasteiger charge is -2.02. The van der Waals surface area contributed by atoms with Crippen molar-refractivity contribution in [2.24, 2.45) is 0 Å². The van der Waals surface area contributed by atoms with Crippen molar-refractivity contribution in [2.45, 2.75) is 13.8 Å². The standard InChI is InChI=1S/C9H12N2O3/c1-4-6-8(10-7(3)12)9(5-2)11(13)14/h4-6H,2H2,1,3H3,(H,10,12)/b6-4-,9-8-. The Kier molecular flexibility index (Phi) is 4.91. The van der Waals surface area contributed by atoms with Crippen molar-refractivity contribution in [1.82, 2.24) is 5.32 Å². The van der Waals surface area contributed by atoms with Gasteiger partial charge >= 0.3 is 0 Å². The monoisotopic (exact) mass is 196 g/mol. The topological polar surface area (TPSA) is 72.2 Å². The Hall–Kier alpha value is -1.91. The molecule has 0 saturated heterocycles. The number of nitro groups is 1. The molecule has 0 unspecified atom stereocenters. The summed E-state index contributed by atoms with van der Waals surface area (Å²) >= 11 is 0. The number of nitrogens with zero attached hydrogens (tertiary/aromatic N) is 1. The fourth-order valence-corrected chi connectivity index (χ4v) is 0.830. The minimum absolute atomic E-state index is 0.139. The van der Waals surface area contributed by atoms with E-state index in [4.69, 9.17) is 0 Å². The van der Waals surface area contributed by atoms with E-state index in [2.05, 4.69) is 11.9 Å². The van der Waals surface area contributed by atoms with Gasteiger partial charge in [0.25, 0.3) is 5.70 Å². The predicted molar refractivity (Wildman–Crippen MR) is 52.8 cm³/mol. The number of amides is 1. The van der Waals surface area contributed by atoms with Crippen molar-refractivity contribution in [3.63, 3.8) is 0 Å². The fourth-order valence-electron chi connectivity index (χ4n) is 0.830. The second kappa shape index (κ2) is 5.69. The van der Waals surface area contributed by atoms with E-state index in [0.717, 1.165) is 6.08 Å². The summed E-state index contributed by atoms with van der Waals surface area (Å²) in [5.74, 6) is -0.362. The molecule has 5 nitrogen and oxygen atoms in total. The van der Waals surface area contributed by atoms with E-state index < -0.39 is 4.92 Å². The smallest absolute Gasteiger partial charge is 0.292 e. The number of rotatable bonds is 4. The Balaban J connectivity index is 5.19. The van der Waals surface area contributed by atoms with E-state index in [1.165, 1.54) is 13.0 Å². The normalized spacial score (nSPS) is 12.1. The molecule has 0 aliphatic heterocycles. The van der Waals surface area contributed by atoms with E-state index in [1.807, 2.05) is 0 Å². The van der Waals surface area contributed by atoms with Crippen molar-refractivity contribution >= 4 is 5.91 Å². The summed E-state index contributed by atoms with van der Waals surface area (Å²) in [7, 11) is 0. The molecule has 1 amide bonds. The molecule has 1 N–H and O–H groups in total. The molecule has 0 bridgehead atoms. The summed E-state index contributed by atoms with van der Waals surface area (Å²) < 4.78 is 0. The Bertz CT molecular complexity index is 316. The van der Waals surface area contributed by atoms with Crippen LogP contribution in [-0.2, 0) is 4.79 Å². The molecule has 0 atom stereocenters. The Labute approximate surface area is 82.0 Å². The first-order valence-corrected chi connectivity index (χ1v) is 3.94. The summed E-state index contributed by atoms with van der Waals surface area (Å²) in [4.78, 5) is 20.7. The van der Waals surface area contributed by atoms with Crippen molar-refractivity contribution in [3.8, 4) is 0 Å². The third-order valence-corrected chi connectivity index (χ3v) is 1.31. The van der Waals surface area contributed by atoms with Gasteiger partial charge in [-0.2, -0.15) is 0 Å². The molecular formula is C9H12N2O3. The third kappa shape index (κ3) is 3.66. The largest absolute Gasteiger partial charge is 0.321 e. The highest BCUT2D eigenvalue weighted by Crippen LogP contribution is 2.05. The lowest BCUT2D eigenvalue weighted by Crippen LogP contribution is -2.21. The molecule has 0 aromatic rings. The maximum Gasteiger partial charge on any atom is 0.292 e. The van der Waals surface area contributed by atoms with Crippen molar-refractivity contribution in [2.75, 3.05) is 0 Å². The molecule has 0 rings (SSSR count). The zero-order valence-electron chi connectivity index (χ0n) is 8.11. The fraction of sp³-hybridized carbons (Fsp3) is 0.222. The highest BCUT2D eigenvalue weighted by Gasteiger charge is 2.12. The van der Waals surface area contributed by atoms with Crippen LogP contribution in [0.2, 0.25) is 0 Å². The number of nitrogens with one attached hydrogen (secondary N) is 1. The van der Waals surface area contributed by atoms with Gasteiger partial charge in [0.1, 0.15) is 5.70 Å². The summed E-state index contributed by atoms with van der Waals surface area (Å²) in [6, 6.07) is 0. The number of carbonyl (C=O) groups excluding carboxylic acids is 1. The number of carbonyl (C=O) groups is 1. The van der Waals surface area contributed by atoms with Crippen LogP contribution in [0.1, 0.15) is 13.8 Å². The summed E-state index contributed by atoms with van der Waals surface area (Å²) in [6.45, 7) is 6.29. The maximum atomic E-state index is 10.7. The highest BCUT2D eigenvalue weighted by molar-refractivity contribution is 5.75. The number of hydrogen-bond acceptors (Lipinski definition) is 3. The molecule has 14 heavy (non-hydrogen) atoms. The minimum atomic E-state index is -0.599. The van der Waals surface area contributed by atoms with Gasteiger partial charge in [-0.1, -0.05) is 12.7 Å². The molecule has 0 aliphatic carbocycles. The number of allylic oxidation sites excluding steroid dienone is 3. The van der Waals surface area contributed by atoms with Crippen molar-refractivity contribution in [1.29, 1.82) is 0 Å². The molecule has 76 valence electrons. The quantitative estimate of drug-likeness (QED) is 0.419. The van der Waals surface area contributed by atoms with Crippen LogP contribution in [-0.4, -0.2) is 10.8 Å². The van der Waals surface area contributed by atoms with E-state index >= 15 is 0 Å². The molecule has 5 heteroatoms. The van der Waals surface area contributed by atoms with E-state index in [0.29, 0.717) is 0 Å². The van der Waals surface area contributed by atoms with Crippen LogP contribution in [0, 0.1) is 10.1 Å². The van der Waals surface area contributed by atoms with Gasteiger partial charge in [0, 0.05) is 13.0 Å². The van der Waals surface area contributed by atoms with Gasteiger partial charge in [-0.05, 0) is 13.0 Å².